The van der Waals surface area contributed by atoms with Gasteiger partial charge in [-0.15, -0.1) is 0 Å². The summed E-state index contributed by atoms with van der Waals surface area (Å²) in [6, 6.07) is 19.3. The molecular weight excluding hydrogens is 422 g/mol. The largest absolute Gasteiger partial charge is 0.397 e. The Morgan fingerprint density at radius 2 is 1.81 bits per heavy atom. The van der Waals surface area contributed by atoms with E-state index < -0.39 is 10.0 Å². The topological polar surface area (TPSA) is 92.5 Å². The van der Waals surface area contributed by atoms with Crippen molar-refractivity contribution in [1.82, 2.24) is 4.31 Å². The maximum Gasteiger partial charge on any atom is 0.255 e. The minimum atomic E-state index is -3.63. The van der Waals surface area contributed by atoms with Crippen LogP contribution in [0, 0.1) is 6.92 Å². The molecule has 0 spiro atoms. The fourth-order valence-electron chi connectivity index (χ4n) is 4.24. The van der Waals surface area contributed by atoms with E-state index in [1.165, 1.54) is 0 Å². The maximum atomic E-state index is 13.3. The van der Waals surface area contributed by atoms with E-state index in [1.807, 2.05) is 50.2 Å². The Hall–Kier alpha value is -3.16. The van der Waals surface area contributed by atoms with E-state index in [0.29, 0.717) is 41.2 Å². The van der Waals surface area contributed by atoms with Crippen molar-refractivity contribution in [3.05, 3.63) is 89.0 Å². The van der Waals surface area contributed by atoms with E-state index in [0.717, 1.165) is 16.7 Å². The molecule has 0 saturated carbocycles. The van der Waals surface area contributed by atoms with Crippen molar-refractivity contribution in [2.45, 2.75) is 37.6 Å². The van der Waals surface area contributed by atoms with Gasteiger partial charge in [0.1, 0.15) is 0 Å². The van der Waals surface area contributed by atoms with Gasteiger partial charge >= 0.3 is 0 Å². The molecule has 0 heterocycles. The van der Waals surface area contributed by atoms with Crippen LogP contribution >= 0.6 is 0 Å². The van der Waals surface area contributed by atoms with E-state index in [9.17, 15) is 13.2 Å². The van der Waals surface area contributed by atoms with Gasteiger partial charge in [0.15, 0.2) is 0 Å². The predicted octanol–water partition coefficient (Wildman–Crippen LogP) is 4.53. The van der Waals surface area contributed by atoms with Crippen LogP contribution in [0.15, 0.2) is 71.6 Å². The second-order valence-corrected chi connectivity index (χ2v) is 9.92. The zero-order valence-electron chi connectivity index (χ0n) is 18.2. The van der Waals surface area contributed by atoms with Gasteiger partial charge in [-0.2, -0.15) is 4.31 Å². The van der Waals surface area contributed by atoms with Crippen LogP contribution < -0.4 is 11.1 Å². The number of rotatable bonds is 6. The number of amides is 1. The quantitative estimate of drug-likeness (QED) is 0.541. The van der Waals surface area contributed by atoms with Crippen LogP contribution in [0.4, 0.5) is 11.4 Å². The number of nitrogens with one attached hydrogen (secondary N) is 1. The van der Waals surface area contributed by atoms with E-state index in [-0.39, 0.29) is 11.9 Å². The van der Waals surface area contributed by atoms with Gasteiger partial charge in [-0.3, -0.25) is 4.79 Å². The number of nitrogen functional groups attached to an aromatic ring is 1. The van der Waals surface area contributed by atoms with Gasteiger partial charge in [0, 0.05) is 12.1 Å². The monoisotopic (exact) mass is 449 g/mol. The minimum Gasteiger partial charge on any atom is -0.397 e. The van der Waals surface area contributed by atoms with Crippen molar-refractivity contribution in [2.75, 3.05) is 17.6 Å². The number of benzene rings is 3. The van der Waals surface area contributed by atoms with E-state index in [4.69, 9.17) is 5.73 Å². The highest BCUT2D eigenvalue weighted by Crippen LogP contribution is 2.39. The minimum absolute atomic E-state index is 0.242. The molecule has 1 atom stereocenters. The Labute approximate surface area is 189 Å². The zero-order chi connectivity index (χ0) is 22.9. The summed E-state index contributed by atoms with van der Waals surface area (Å²) < 4.78 is 28.2. The molecule has 1 unspecified atom stereocenters. The van der Waals surface area contributed by atoms with Crippen LogP contribution in [0.1, 0.15) is 46.4 Å². The summed E-state index contributed by atoms with van der Waals surface area (Å²) in [4.78, 5) is 13.0. The van der Waals surface area contributed by atoms with Gasteiger partial charge in [-0.05, 0) is 67.3 Å². The number of carbonyl (C=O) groups excluding carboxylic acids is 1. The number of nitrogens with two attached hydrogens (primary N) is 1. The molecule has 0 fully saturated rings. The lowest BCUT2D eigenvalue weighted by Crippen LogP contribution is -2.34. The molecule has 3 aromatic carbocycles. The van der Waals surface area contributed by atoms with Crippen LogP contribution in [0.25, 0.3) is 0 Å². The van der Waals surface area contributed by atoms with Gasteiger partial charge in [0.2, 0.25) is 10.0 Å². The maximum absolute atomic E-state index is 13.3. The average molecular weight is 450 g/mol. The fourth-order valence-corrected chi connectivity index (χ4v) is 5.89. The molecule has 166 valence electrons. The van der Waals surface area contributed by atoms with Crippen molar-refractivity contribution in [3.63, 3.8) is 0 Å². The summed E-state index contributed by atoms with van der Waals surface area (Å²) >= 11 is 0. The Bertz CT molecular complexity index is 1250. The molecule has 1 aliphatic carbocycles. The molecule has 6 nitrogen and oxygen atoms in total. The van der Waals surface area contributed by atoms with Crippen molar-refractivity contribution in [3.8, 4) is 0 Å². The fraction of sp³-hybridized carbons (Fsp3) is 0.240. The summed E-state index contributed by atoms with van der Waals surface area (Å²) in [5, 5.41) is 2.84. The molecule has 3 aromatic rings. The standard InChI is InChI=1S/C25H27N3O3S/c1-3-28(32(30,31)20-12-8-17(2)9-13-20)24-15-11-18-16-19(10-14-21(18)24)25(29)27-23-7-5-4-6-22(23)26/h4-10,12-14,16,24H,3,11,15,26H2,1-2H3,(H,27,29). The molecular formula is C25H27N3O3S. The second kappa shape index (κ2) is 8.76. The highest BCUT2D eigenvalue weighted by Gasteiger charge is 2.35. The lowest BCUT2D eigenvalue weighted by molar-refractivity contribution is 0.102. The summed E-state index contributed by atoms with van der Waals surface area (Å²) in [5.74, 6) is -0.242. The smallest absolute Gasteiger partial charge is 0.255 e. The first kappa shape index (κ1) is 22.0. The number of carbonyl (C=O) groups is 1. The Morgan fingerprint density at radius 3 is 2.50 bits per heavy atom. The van der Waals surface area contributed by atoms with Crippen molar-refractivity contribution < 1.29 is 13.2 Å². The molecule has 1 aliphatic rings. The molecule has 0 aliphatic heterocycles. The molecule has 7 heteroatoms. The highest BCUT2D eigenvalue weighted by atomic mass is 32.2. The highest BCUT2D eigenvalue weighted by molar-refractivity contribution is 7.89. The lowest BCUT2D eigenvalue weighted by Gasteiger charge is -2.28. The summed E-state index contributed by atoms with van der Waals surface area (Å²) in [6.07, 6.45) is 1.40. The third kappa shape index (κ3) is 4.13. The second-order valence-electron chi connectivity index (χ2n) is 8.03. The summed E-state index contributed by atoms with van der Waals surface area (Å²) in [5.41, 5.74) is 10.5. The number of nitrogens with zero attached hydrogens (tertiary/aromatic N) is 1. The number of fused-ring (bicyclic) bond motifs is 1. The van der Waals surface area contributed by atoms with Gasteiger partial charge in [-0.1, -0.05) is 42.8 Å². The molecule has 0 bridgehead atoms. The Balaban J connectivity index is 1.59. The van der Waals surface area contributed by atoms with Crippen LogP contribution in [-0.2, 0) is 16.4 Å². The Kier molecular flexibility index (Phi) is 6.04. The molecule has 0 radical (unpaired) electrons. The number of hydrogen-bond donors (Lipinski definition) is 2. The third-order valence-corrected chi connectivity index (χ3v) is 7.95. The summed E-state index contributed by atoms with van der Waals surface area (Å²) in [6.45, 7) is 4.16. The molecule has 32 heavy (non-hydrogen) atoms. The van der Waals surface area contributed by atoms with Crippen LogP contribution in [0.5, 0.6) is 0 Å². The number of hydrogen-bond acceptors (Lipinski definition) is 4. The first-order chi connectivity index (χ1) is 15.3. The number of anilines is 2. The lowest BCUT2D eigenvalue weighted by atomic mass is 10.0. The van der Waals surface area contributed by atoms with E-state index in [1.54, 1.807) is 34.6 Å². The number of sulfonamides is 1. The van der Waals surface area contributed by atoms with Crippen molar-refractivity contribution in [1.29, 1.82) is 0 Å². The molecule has 0 aromatic heterocycles. The van der Waals surface area contributed by atoms with Crippen molar-refractivity contribution >= 4 is 27.3 Å². The van der Waals surface area contributed by atoms with Gasteiger partial charge in [-0.25, -0.2) is 8.42 Å². The van der Waals surface area contributed by atoms with Gasteiger partial charge in [0.25, 0.3) is 5.91 Å². The van der Waals surface area contributed by atoms with Gasteiger partial charge in [0.05, 0.1) is 22.3 Å². The SMILES string of the molecule is CCN(C1CCc2cc(C(=O)Nc3ccccc3N)ccc21)S(=O)(=O)c1ccc(C)cc1. The van der Waals surface area contributed by atoms with Gasteiger partial charge < -0.3 is 11.1 Å². The van der Waals surface area contributed by atoms with Crippen LogP contribution in [-0.4, -0.2) is 25.2 Å². The van der Waals surface area contributed by atoms with E-state index in [2.05, 4.69) is 5.32 Å². The van der Waals surface area contributed by atoms with E-state index >= 15 is 0 Å². The first-order valence-electron chi connectivity index (χ1n) is 10.7. The molecule has 4 rings (SSSR count). The normalized spacial score (nSPS) is 15.5. The van der Waals surface area contributed by atoms with Crippen LogP contribution in [0.2, 0.25) is 0 Å². The number of aryl methyl sites for hydroxylation is 2. The average Bonchev–Trinajstić information content (AvgIpc) is 3.19. The van der Waals surface area contributed by atoms with Crippen molar-refractivity contribution in [2.24, 2.45) is 0 Å². The third-order valence-electron chi connectivity index (χ3n) is 5.95. The number of para-hydroxylation sites is 2. The zero-order valence-corrected chi connectivity index (χ0v) is 19.0. The molecule has 1 amide bonds. The summed E-state index contributed by atoms with van der Waals surface area (Å²) in [7, 11) is -3.63. The van der Waals surface area contributed by atoms with Crippen LogP contribution in [0.3, 0.4) is 0 Å². The molecule has 3 N–H and O–H groups in total. The Morgan fingerprint density at radius 1 is 1.09 bits per heavy atom. The first-order valence-corrected chi connectivity index (χ1v) is 12.1. The predicted molar refractivity (Wildman–Crippen MR) is 127 cm³/mol. The molecule has 0 saturated heterocycles.